The van der Waals surface area contributed by atoms with E-state index in [1.54, 1.807) is 12.3 Å². The molecule has 0 fully saturated rings. The summed E-state index contributed by atoms with van der Waals surface area (Å²) < 4.78 is 18.7. The summed E-state index contributed by atoms with van der Waals surface area (Å²) in [6, 6.07) is 12.2. The number of aliphatic hydroxyl groups is 1. The summed E-state index contributed by atoms with van der Waals surface area (Å²) in [4.78, 5) is 0. The van der Waals surface area contributed by atoms with Crippen LogP contribution in [0.1, 0.15) is 22.8 Å². The average molecular weight is 270 g/mol. The molecule has 0 amide bonds. The Labute approximate surface area is 116 Å². The van der Waals surface area contributed by atoms with Gasteiger partial charge < -0.3 is 9.52 Å². The van der Waals surface area contributed by atoms with Crippen LogP contribution in [0.25, 0.3) is 11.0 Å². The maximum absolute atomic E-state index is 13.3. The van der Waals surface area contributed by atoms with Crippen LogP contribution in [-0.2, 0) is 6.42 Å². The molecule has 0 spiro atoms. The van der Waals surface area contributed by atoms with Crippen molar-refractivity contribution < 1.29 is 13.9 Å². The van der Waals surface area contributed by atoms with Crippen LogP contribution in [-0.4, -0.2) is 5.11 Å². The quantitative estimate of drug-likeness (QED) is 0.775. The molecule has 2 nitrogen and oxygen atoms in total. The molecule has 1 atom stereocenters. The number of aliphatic hydroxyl groups excluding tert-OH is 1. The van der Waals surface area contributed by atoms with Crippen molar-refractivity contribution in [2.45, 2.75) is 19.4 Å². The van der Waals surface area contributed by atoms with Crippen molar-refractivity contribution in [3.63, 3.8) is 0 Å². The number of fused-ring (bicyclic) bond motifs is 1. The molecular weight excluding hydrogens is 255 g/mol. The smallest absolute Gasteiger partial charge is 0.134 e. The van der Waals surface area contributed by atoms with E-state index in [9.17, 15) is 9.50 Å². The number of hydrogen-bond acceptors (Lipinski definition) is 2. The summed E-state index contributed by atoms with van der Waals surface area (Å²) in [6.45, 7) is 1.91. The number of benzene rings is 2. The molecule has 3 rings (SSSR count). The number of para-hydroxylation sites is 1. The lowest BCUT2D eigenvalue weighted by Crippen LogP contribution is -2.03. The first kappa shape index (κ1) is 12.9. The van der Waals surface area contributed by atoms with Gasteiger partial charge in [-0.05, 0) is 36.2 Å². The van der Waals surface area contributed by atoms with Crippen LogP contribution in [0.3, 0.4) is 0 Å². The SMILES string of the molecule is Cc1ccc(F)cc1CC(O)c1coc2ccccc12. The van der Waals surface area contributed by atoms with Crippen molar-refractivity contribution >= 4 is 11.0 Å². The molecule has 0 aliphatic carbocycles. The van der Waals surface area contributed by atoms with Gasteiger partial charge in [-0.2, -0.15) is 0 Å². The van der Waals surface area contributed by atoms with Crippen molar-refractivity contribution in [3.8, 4) is 0 Å². The maximum atomic E-state index is 13.3. The van der Waals surface area contributed by atoms with Crippen LogP contribution in [0, 0.1) is 12.7 Å². The molecule has 0 saturated heterocycles. The summed E-state index contributed by atoms with van der Waals surface area (Å²) in [5, 5.41) is 11.3. The van der Waals surface area contributed by atoms with Gasteiger partial charge in [-0.25, -0.2) is 4.39 Å². The molecule has 1 unspecified atom stereocenters. The fourth-order valence-corrected chi connectivity index (χ4v) is 2.43. The minimum Gasteiger partial charge on any atom is -0.464 e. The highest BCUT2D eigenvalue weighted by Gasteiger charge is 2.16. The summed E-state index contributed by atoms with van der Waals surface area (Å²) in [5.74, 6) is -0.283. The largest absolute Gasteiger partial charge is 0.464 e. The standard InChI is InChI=1S/C17H15FO2/c1-11-6-7-13(18)8-12(11)9-16(19)15-10-20-17-5-3-2-4-14(15)17/h2-8,10,16,19H,9H2,1H3. The van der Waals surface area contributed by atoms with Gasteiger partial charge in [-0.3, -0.25) is 0 Å². The van der Waals surface area contributed by atoms with Crippen LogP contribution in [0.4, 0.5) is 4.39 Å². The van der Waals surface area contributed by atoms with Gasteiger partial charge in [0.15, 0.2) is 0 Å². The molecule has 1 heterocycles. The van der Waals surface area contributed by atoms with E-state index in [2.05, 4.69) is 0 Å². The molecule has 0 aliphatic rings. The number of hydrogen-bond donors (Lipinski definition) is 1. The third kappa shape index (κ3) is 2.32. The van der Waals surface area contributed by atoms with Crippen molar-refractivity contribution in [1.82, 2.24) is 0 Å². The zero-order valence-electron chi connectivity index (χ0n) is 11.1. The zero-order valence-corrected chi connectivity index (χ0v) is 11.1. The number of halogens is 1. The second kappa shape index (κ2) is 5.10. The molecule has 20 heavy (non-hydrogen) atoms. The van der Waals surface area contributed by atoms with Crippen LogP contribution in [0.2, 0.25) is 0 Å². The third-order valence-corrected chi connectivity index (χ3v) is 3.59. The van der Waals surface area contributed by atoms with E-state index < -0.39 is 6.10 Å². The Morgan fingerprint density at radius 2 is 2.00 bits per heavy atom. The Hall–Kier alpha value is -2.13. The number of aryl methyl sites for hydroxylation is 1. The van der Waals surface area contributed by atoms with Crippen LogP contribution in [0.15, 0.2) is 53.1 Å². The predicted octanol–water partition coefficient (Wildman–Crippen LogP) is 4.16. The minimum absolute atomic E-state index is 0.283. The Bertz CT molecular complexity index is 746. The first-order valence-electron chi connectivity index (χ1n) is 6.54. The first-order chi connectivity index (χ1) is 9.65. The lowest BCUT2D eigenvalue weighted by atomic mass is 9.98. The monoisotopic (exact) mass is 270 g/mol. The average Bonchev–Trinajstić information content (AvgIpc) is 2.87. The second-order valence-corrected chi connectivity index (χ2v) is 4.98. The van der Waals surface area contributed by atoms with Crippen LogP contribution in [0.5, 0.6) is 0 Å². The van der Waals surface area contributed by atoms with Crippen molar-refractivity contribution in [2.24, 2.45) is 0 Å². The number of furan rings is 1. The van der Waals surface area contributed by atoms with Crippen molar-refractivity contribution in [3.05, 3.63) is 71.2 Å². The Kier molecular flexibility index (Phi) is 3.28. The van der Waals surface area contributed by atoms with Gasteiger partial charge in [0, 0.05) is 17.4 Å². The van der Waals surface area contributed by atoms with Gasteiger partial charge >= 0.3 is 0 Å². The van der Waals surface area contributed by atoms with E-state index in [4.69, 9.17) is 4.42 Å². The molecular formula is C17H15FO2. The molecule has 1 N–H and O–H groups in total. The van der Waals surface area contributed by atoms with Gasteiger partial charge in [-0.15, -0.1) is 0 Å². The van der Waals surface area contributed by atoms with Crippen LogP contribution < -0.4 is 0 Å². The molecule has 0 saturated carbocycles. The fraction of sp³-hybridized carbons (Fsp3) is 0.176. The lowest BCUT2D eigenvalue weighted by Gasteiger charge is -2.11. The molecule has 2 aromatic carbocycles. The van der Waals surface area contributed by atoms with E-state index in [1.165, 1.54) is 12.1 Å². The molecule has 0 radical (unpaired) electrons. The van der Waals surface area contributed by atoms with Gasteiger partial charge in [0.25, 0.3) is 0 Å². The molecule has 102 valence electrons. The minimum atomic E-state index is -0.709. The highest BCUT2D eigenvalue weighted by atomic mass is 19.1. The predicted molar refractivity (Wildman–Crippen MR) is 76.0 cm³/mol. The molecule has 3 aromatic rings. The van der Waals surface area contributed by atoms with Gasteiger partial charge in [0.05, 0.1) is 12.4 Å². The Balaban J connectivity index is 1.93. The van der Waals surface area contributed by atoms with Gasteiger partial charge in [0.1, 0.15) is 11.4 Å². The van der Waals surface area contributed by atoms with Crippen LogP contribution >= 0.6 is 0 Å². The summed E-state index contributed by atoms with van der Waals surface area (Å²) in [7, 11) is 0. The van der Waals surface area contributed by atoms with E-state index in [-0.39, 0.29) is 5.82 Å². The molecule has 1 aromatic heterocycles. The van der Waals surface area contributed by atoms with Gasteiger partial charge in [-0.1, -0.05) is 24.3 Å². The van der Waals surface area contributed by atoms with Crippen molar-refractivity contribution in [2.75, 3.05) is 0 Å². The summed E-state index contributed by atoms with van der Waals surface area (Å²) >= 11 is 0. The Morgan fingerprint density at radius 3 is 2.85 bits per heavy atom. The Morgan fingerprint density at radius 1 is 1.20 bits per heavy atom. The topological polar surface area (TPSA) is 33.4 Å². The lowest BCUT2D eigenvalue weighted by molar-refractivity contribution is 0.178. The molecule has 3 heteroatoms. The third-order valence-electron chi connectivity index (χ3n) is 3.59. The first-order valence-corrected chi connectivity index (χ1v) is 6.54. The molecule has 0 aliphatic heterocycles. The number of rotatable bonds is 3. The highest BCUT2D eigenvalue weighted by Crippen LogP contribution is 2.29. The normalized spacial score (nSPS) is 12.8. The summed E-state index contributed by atoms with van der Waals surface area (Å²) in [5.41, 5.74) is 3.27. The van der Waals surface area contributed by atoms with E-state index in [1.807, 2.05) is 31.2 Å². The zero-order chi connectivity index (χ0) is 14.1. The second-order valence-electron chi connectivity index (χ2n) is 4.98. The van der Waals surface area contributed by atoms with E-state index in [0.29, 0.717) is 6.42 Å². The molecule has 0 bridgehead atoms. The van der Waals surface area contributed by atoms with Gasteiger partial charge in [0.2, 0.25) is 0 Å². The van der Waals surface area contributed by atoms with Crippen molar-refractivity contribution in [1.29, 1.82) is 0 Å². The fourth-order valence-electron chi connectivity index (χ4n) is 2.43. The maximum Gasteiger partial charge on any atom is 0.134 e. The van der Waals surface area contributed by atoms with E-state index in [0.717, 1.165) is 27.7 Å². The van der Waals surface area contributed by atoms with E-state index >= 15 is 0 Å². The highest BCUT2D eigenvalue weighted by molar-refractivity contribution is 5.81. The summed E-state index contributed by atoms with van der Waals surface area (Å²) in [6.07, 6.45) is 1.23.